The smallest absolute Gasteiger partial charge is 0.329 e. The molecule has 1 heterocycles. The Morgan fingerprint density at radius 3 is 2.19 bits per heavy atom. The summed E-state index contributed by atoms with van der Waals surface area (Å²) in [6.07, 6.45) is 8.25. The number of carbonyl (C=O) groups excluding carboxylic acids is 3. The van der Waals surface area contributed by atoms with Gasteiger partial charge in [0, 0.05) is 12.1 Å². The highest BCUT2D eigenvalue weighted by atomic mass is 16.5. The third-order valence-corrected chi connectivity index (χ3v) is 8.04. The number of esters is 1. The molecule has 0 aromatic heterocycles. The van der Waals surface area contributed by atoms with Gasteiger partial charge in [0.25, 0.3) is 0 Å². The first-order valence-corrected chi connectivity index (χ1v) is 11.6. The van der Waals surface area contributed by atoms with Crippen molar-refractivity contribution < 1.29 is 23.9 Å². The van der Waals surface area contributed by atoms with Crippen LogP contribution in [0.2, 0.25) is 0 Å². The van der Waals surface area contributed by atoms with Crippen molar-refractivity contribution in [2.45, 2.75) is 57.4 Å². The van der Waals surface area contributed by atoms with Crippen LogP contribution < -0.4 is 4.74 Å². The summed E-state index contributed by atoms with van der Waals surface area (Å²) in [7, 11) is 1.57. The summed E-state index contributed by atoms with van der Waals surface area (Å²) in [5.41, 5.74) is 0.220. The van der Waals surface area contributed by atoms with E-state index in [9.17, 15) is 14.4 Å². The lowest BCUT2D eigenvalue weighted by atomic mass is 9.49. The lowest BCUT2D eigenvalue weighted by Crippen LogP contribution is -2.56. The lowest BCUT2D eigenvalue weighted by Gasteiger charge is -2.56. The number of ketones is 1. The van der Waals surface area contributed by atoms with E-state index in [0.717, 1.165) is 25.7 Å². The first kappa shape index (κ1) is 20.5. The van der Waals surface area contributed by atoms with Crippen LogP contribution in [0.4, 0.5) is 0 Å². The Morgan fingerprint density at radius 1 is 1.00 bits per heavy atom. The van der Waals surface area contributed by atoms with E-state index in [1.54, 1.807) is 36.3 Å². The van der Waals surface area contributed by atoms with E-state index in [-0.39, 0.29) is 23.7 Å². The van der Waals surface area contributed by atoms with Crippen LogP contribution in [0.3, 0.4) is 0 Å². The molecule has 6 rings (SSSR count). The van der Waals surface area contributed by atoms with E-state index < -0.39 is 12.0 Å². The van der Waals surface area contributed by atoms with E-state index >= 15 is 0 Å². The number of ether oxygens (including phenoxy) is 2. The molecule has 1 aliphatic heterocycles. The Morgan fingerprint density at radius 2 is 1.61 bits per heavy atom. The maximum atomic E-state index is 13.7. The highest BCUT2D eigenvalue weighted by molar-refractivity contribution is 5.98. The summed E-state index contributed by atoms with van der Waals surface area (Å²) in [6.45, 7) is 0.313. The number of likely N-dealkylation sites (tertiary alicyclic amines) is 1. The molecule has 6 heteroatoms. The van der Waals surface area contributed by atoms with Crippen LogP contribution in [0.15, 0.2) is 24.3 Å². The second-order valence-corrected chi connectivity index (χ2v) is 10.1. The zero-order valence-corrected chi connectivity index (χ0v) is 18.2. The minimum Gasteiger partial charge on any atom is -0.497 e. The fraction of sp³-hybridized carbons (Fsp3) is 0.640. The van der Waals surface area contributed by atoms with Crippen LogP contribution >= 0.6 is 0 Å². The van der Waals surface area contributed by atoms with Crippen LogP contribution in [0.25, 0.3) is 0 Å². The molecule has 4 aliphatic carbocycles. The molecule has 5 fully saturated rings. The largest absolute Gasteiger partial charge is 0.497 e. The molecule has 1 amide bonds. The Kier molecular flexibility index (Phi) is 5.27. The minimum atomic E-state index is -0.552. The molecule has 4 saturated carbocycles. The maximum absolute atomic E-state index is 13.7. The van der Waals surface area contributed by atoms with Crippen molar-refractivity contribution in [2.24, 2.45) is 23.2 Å². The zero-order chi connectivity index (χ0) is 21.6. The molecule has 31 heavy (non-hydrogen) atoms. The van der Waals surface area contributed by atoms with Crippen LogP contribution in [0.5, 0.6) is 5.75 Å². The molecule has 0 spiro atoms. The van der Waals surface area contributed by atoms with Gasteiger partial charge in [-0.15, -0.1) is 0 Å². The normalized spacial score (nSPS) is 33.4. The number of hydrogen-bond acceptors (Lipinski definition) is 5. The molecule has 5 aliphatic rings. The van der Waals surface area contributed by atoms with Gasteiger partial charge in [-0.05, 0) is 93.4 Å². The van der Waals surface area contributed by atoms with Gasteiger partial charge in [0.1, 0.15) is 11.8 Å². The molecule has 1 aromatic rings. The van der Waals surface area contributed by atoms with Crippen molar-refractivity contribution in [1.82, 2.24) is 4.90 Å². The molecule has 1 saturated heterocycles. The van der Waals surface area contributed by atoms with E-state index in [0.29, 0.717) is 42.0 Å². The van der Waals surface area contributed by atoms with Crippen molar-refractivity contribution in [3.63, 3.8) is 0 Å². The van der Waals surface area contributed by atoms with Gasteiger partial charge in [0.2, 0.25) is 5.91 Å². The standard InChI is InChI=1S/C25H31NO5/c1-30-20-6-4-19(5-7-20)22(27)15-31-23(28)21-3-2-8-26(21)24(29)25-12-16-9-17(13-25)11-18(10-16)14-25/h4-7,16-18,21H,2-3,8-15H2,1H3/t16?,17?,18?,21-,25?/m1/s1. The van der Waals surface area contributed by atoms with Crippen LogP contribution in [-0.2, 0) is 14.3 Å². The average Bonchev–Trinajstić information content (AvgIpc) is 3.25. The summed E-state index contributed by atoms with van der Waals surface area (Å²) in [6, 6.07) is 6.18. The summed E-state index contributed by atoms with van der Waals surface area (Å²) in [5.74, 6) is 2.19. The number of Topliss-reactive ketones (excluding diaryl/α,β-unsaturated/α-hetero) is 1. The van der Waals surface area contributed by atoms with Crippen molar-refractivity contribution in [2.75, 3.05) is 20.3 Å². The molecule has 6 nitrogen and oxygen atoms in total. The lowest BCUT2D eigenvalue weighted by molar-refractivity contribution is -0.165. The Bertz CT molecular complexity index is 841. The highest BCUT2D eigenvalue weighted by Crippen LogP contribution is 2.60. The van der Waals surface area contributed by atoms with Crippen LogP contribution in [0.1, 0.15) is 61.7 Å². The minimum absolute atomic E-state index is 0.174. The molecule has 0 radical (unpaired) electrons. The summed E-state index contributed by atoms with van der Waals surface area (Å²) >= 11 is 0. The van der Waals surface area contributed by atoms with Crippen molar-refractivity contribution in [3.05, 3.63) is 29.8 Å². The van der Waals surface area contributed by atoms with Gasteiger partial charge >= 0.3 is 5.97 Å². The van der Waals surface area contributed by atoms with E-state index in [1.807, 2.05) is 0 Å². The number of benzene rings is 1. The second kappa shape index (κ2) is 7.95. The molecule has 1 aromatic carbocycles. The van der Waals surface area contributed by atoms with Gasteiger partial charge in [-0.1, -0.05) is 0 Å². The van der Waals surface area contributed by atoms with E-state index in [1.165, 1.54) is 19.3 Å². The van der Waals surface area contributed by atoms with Crippen molar-refractivity contribution in [3.8, 4) is 5.75 Å². The van der Waals surface area contributed by atoms with Gasteiger partial charge in [-0.25, -0.2) is 4.79 Å². The monoisotopic (exact) mass is 425 g/mol. The summed E-state index contributed by atoms with van der Waals surface area (Å²) in [4.78, 5) is 40.7. The van der Waals surface area contributed by atoms with Gasteiger partial charge in [-0.2, -0.15) is 0 Å². The van der Waals surface area contributed by atoms with Gasteiger partial charge < -0.3 is 14.4 Å². The molecule has 0 unspecified atom stereocenters. The highest BCUT2D eigenvalue weighted by Gasteiger charge is 2.57. The number of amides is 1. The van der Waals surface area contributed by atoms with E-state index in [4.69, 9.17) is 9.47 Å². The first-order chi connectivity index (χ1) is 15.0. The third kappa shape index (κ3) is 3.74. The summed E-state index contributed by atoms with van der Waals surface area (Å²) in [5, 5.41) is 0. The number of rotatable bonds is 6. The van der Waals surface area contributed by atoms with E-state index in [2.05, 4.69) is 0 Å². The predicted octanol–water partition coefficient (Wildman–Crippen LogP) is 3.63. The first-order valence-electron chi connectivity index (χ1n) is 11.6. The fourth-order valence-corrected chi connectivity index (χ4v) is 7.03. The van der Waals surface area contributed by atoms with Crippen molar-refractivity contribution >= 4 is 17.7 Å². The average molecular weight is 426 g/mol. The van der Waals surface area contributed by atoms with Crippen molar-refractivity contribution in [1.29, 1.82) is 0 Å². The maximum Gasteiger partial charge on any atom is 0.329 e. The zero-order valence-electron chi connectivity index (χ0n) is 18.2. The molecule has 0 N–H and O–H groups in total. The second-order valence-electron chi connectivity index (χ2n) is 10.1. The number of hydrogen-bond donors (Lipinski definition) is 0. The van der Waals surface area contributed by atoms with Gasteiger partial charge in [0.05, 0.1) is 12.5 Å². The van der Waals surface area contributed by atoms with Gasteiger partial charge in [-0.3, -0.25) is 9.59 Å². The summed E-state index contributed by atoms with van der Waals surface area (Å²) < 4.78 is 10.5. The number of carbonyl (C=O) groups is 3. The topological polar surface area (TPSA) is 72.9 Å². The predicted molar refractivity (Wildman–Crippen MR) is 114 cm³/mol. The molecular formula is C25H31NO5. The third-order valence-electron chi connectivity index (χ3n) is 8.04. The Balaban J connectivity index is 1.22. The van der Waals surface area contributed by atoms with Crippen LogP contribution in [-0.4, -0.2) is 48.9 Å². The Hall–Kier alpha value is -2.37. The number of methoxy groups -OCH3 is 1. The fourth-order valence-electron chi connectivity index (χ4n) is 7.03. The SMILES string of the molecule is COc1ccc(C(=O)COC(=O)[C@H]2CCCN2C(=O)C23CC4CC(CC(C4)C2)C3)cc1. The molecular weight excluding hydrogens is 394 g/mol. The number of nitrogens with zero attached hydrogens (tertiary/aromatic N) is 1. The molecule has 4 bridgehead atoms. The van der Waals surface area contributed by atoms with Crippen LogP contribution in [0, 0.1) is 23.2 Å². The van der Waals surface area contributed by atoms with Gasteiger partial charge in [0.15, 0.2) is 12.4 Å². The Labute approximate surface area is 183 Å². The molecule has 166 valence electrons. The quantitative estimate of drug-likeness (QED) is 0.514. The molecule has 1 atom stereocenters.